The van der Waals surface area contributed by atoms with Crippen LogP contribution in [0, 0.1) is 11.3 Å². The lowest BCUT2D eigenvalue weighted by Gasteiger charge is -2.20. The number of halogens is 2. The Hall–Kier alpha value is -2.11. The van der Waals surface area contributed by atoms with Gasteiger partial charge in [-0.15, -0.1) is 0 Å². The highest BCUT2D eigenvalue weighted by Gasteiger charge is 2.21. The molecule has 0 aliphatic rings. The highest BCUT2D eigenvalue weighted by atomic mass is 35.5. The van der Waals surface area contributed by atoms with Gasteiger partial charge in [0.2, 0.25) is 15.9 Å². The zero-order valence-electron chi connectivity index (χ0n) is 14.4. The summed E-state index contributed by atoms with van der Waals surface area (Å²) in [6, 6.07) is 13.6. The van der Waals surface area contributed by atoms with Gasteiger partial charge in [0, 0.05) is 12.2 Å². The van der Waals surface area contributed by atoms with Gasteiger partial charge in [-0.05, 0) is 35.4 Å². The quantitative estimate of drug-likeness (QED) is 0.734. The minimum Gasteiger partial charge on any atom is -0.325 e. The second kappa shape index (κ2) is 9.20. The summed E-state index contributed by atoms with van der Waals surface area (Å²) >= 11 is 11.8. The van der Waals surface area contributed by atoms with Crippen LogP contribution in [0.3, 0.4) is 0 Å². The van der Waals surface area contributed by atoms with Crippen molar-refractivity contribution in [3.63, 3.8) is 0 Å². The van der Waals surface area contributed by atoms with E-state index in [1.807, 2.05) is 6.07 Å². The molecule has 0 fully saturated rings. The van der Waals surface area contributed by atoms with Gasteiger partial charge in [0.05, 0.1) is 35.3 Å². The Labute approximate surface area is 168 Å². The summed E-state index contributed by atoms with van der Waals surface area (Å²) in [6.45, 7) is -0.358. The molecule has 0 aliphatic carbocycles. The van der Waals surface area contributed by atoms with Crippen LogP contribution in [0.1, 0.15) is 11.1 Å². The number of sulfonamides is 1. The molecule has 142 valence electrons. The van der Waals surface area contributed by atoms with Gasteiger partial charge in [0.25, 0.3) is 0 Å². The minimum atomic E-state index is -3.63. The molecule has 2 aromatic rings. The minimum absolute atomic E-state index is 0.00967. The number of amides is 1. The Morgan fingerprint density at radius 1 is 1.11 bits per heavy atom. The van der Waals surface area contributed by atoms with Crippen molar-refractivity contribution >= 4 is 44.8 Å². The second-order valence-corrected chi connectivity index (χ2v) is 8.66. The molecule has 0 unspecified atom stereocenters. The zero-order valence-corrected chi connectivity index (χ0v) is 16.8. The molecular formula is C18H17Cl2N3O3S. The lowest BCUT2D eigenvalue weighted by atomic mass is 10.1. The number of nitrogens with one attached hydrogen (secondary N) is 1. The van der Waals surface area contributed by atoms with Crippen molar-refractivity contribution in [2.45, 2.75) is 13.0 Å². The molecule has 9 heteroatoms. The van der Waals surface area contributed by atoms with Crippen molar-refractivity contribution in [3.05, 3.63) is 63.6 Å². The lowest BCUT2D eigenvalue weighted by molar-refractivity contribution is -0.116. The van der Waals surface area contributed by atoms with Crippen LogP contribution in [0.15, 0.2) is 42.5 Å². The molecule has 0 bridgehead atoms. The zero-order chi connectivity index (χ0) is 20.0. The van der Waals surface area contributed by atoms with Crippen molar-refractivity contribution in [3.8, 4) is 6.07 Å². The molecule has 0 saturated carbocycles. The number of benzene rings is 2. The van der Waals surface area contributed by atoms with Crippen LogP contribution in [0.4, 0.5) is 5.69 Å². The van der Waals surface area contributed by atoms with Crippen LogP contribution in [0.2, 0.25) is 10.0 Å². The van der Waals surface area contributed by atoms with E-state index in [4.69, 9.17) is 28.5 Å². The van der Waals surface area contributed by atoms with Crippen molar-refractivity contribution in [2.24, 2.45) is 0 Å². The Morgan fingerprint density at radius 3 is 2.30 bits per heavy atom. The van der Waals surface area contributed by atoms with Crippen molar-refractivity contribution in [2.75, 3.05) is 18.1 Å². The van der Waals surface area contributed by atoms with E-state index in [1.54, 1.807) is 42.5 Å². The van der Waals surface area contributed by atoms with Gasteiger partial charge < -0.3 is 5.32 Å². The normalized spacial score (nSPS) is 11.2. The molecule has 0 saturated heterocycles. The largest absolute Gasteiger partial charge is 0.325 e. The summed E-state index contributed by atoms with van der Waals surface area (Å²) in [5, 5.41) is 12.0. The molecule has 0 atom stereocenters. The number of carbonyl (C=O) groups excluding carboxylic acids is 1. The summed E-state index contributed by atoms with van der Waals surface area (Å²) < 4.78 is 25.1. The number of anilines is 1. The Bertz CT molecular complexity index is 970. The third kappa shape index (κ3) is 6.52. The predicted molar refractivity (Wildman–Crippen MR) is 106 cm³/mol. The third-order valence-electron chi connectivity index (χ3n) is 3.65. The first-order valence-electron chi connectivity index (χ1n) is 7.84. The fourth-order valence-corrected chi connectivity index (χ4v) is 3.35. The lowest BCUT2D eigenvalue weighted by Crippen LogP contribution is -2.36. The van der Waals surface area contributed by atoms with E-state index in [1.165, 1.54) is 0 Å². The van der Waals surface area contributed by atoms with Gasteiger partial charge >= 0.3 is 0 Å². The first-order chi connectivity index (χ1) is 12.7. The smallest absolute Gasteiger partial charge is 0.239 e. The second-order valence-electron chi connectivity index (χ2n) is 5.86. The van der Waals surface area contributed by atoms with Crippen molar-refractivity contribution in [1.29, 1.82) is 5.26 Å². The third-order valence-corrected chi connectivity index (χ3v) is 5.59. The maximum Gasteiger partial charge on any atom is 0.239 e. The summed E-state index contributed by atoms with van der Waals surface area (Å²) in [5.41, 5.74) is 1.96. The number of hydrogen-bond donors (Lipinski definition) is 1. The Kier molecular flexibility index (Phi) is 7.22. The molecule has 0 aliphatic heterocycles. The molecule has 0 spiro atoms. The van der Waals surface area contributed by atoms with E-state index in [9.17, 15) is 13.2 Å². The van der Waals surface area contributed by atoms with Gasteiger partial charge in [0.1, 0.15) is 0 Å². The highest BCUT2D eigenvalue weighted by Crippen LogP contribution is 2.23. The molecular weight excluding hydrogens is 409 g/mol. The Morgan fingerprint density at radius 2 is 1.74 bits per heavy atom. The van der Waals surface area contributed by atoms with Gasteiger partial charge in [-0.25, -0.2) is 8.42 Å². The predicted octanol–water partition coefficient (Wildman–Crippen LogP) is 3.46. The summed E-state index contributed by atoms with van der Waals surface area (Å²) in [7, 11) is -3.63. The summed E-state index contributed by atoms with van der Waals surface area (Å²) in [4.78, 5) is 12.3. The van der Waals surface area contributed by atoms with Crippen LogP contribution in [0.25, 0.3) is 0 Å². The van der Waals surface area contributed by atoms with E-state index >= 15 is 0 Å². The molecule has 1 N–H and O–H groups in total. The molecule has 0 aromatic heterocycles. The van der Waals surface area contributed by atoms with Gasteiger partial charge in [-0.3, -0.25) is 4.79 Å². The van der Waals surface area contributed by atoms with Crippen molar-refractivity contribution < 1.29 is 13.2 Å². The molecule has 27 heavy (non-hydrogen) atoms. The molecule has 0 radical (unpaired) electrons. The fraction of sp³-hybridized carbons (Fsp3) is 0.222. The fourth-order valence-electron chi connectivity index (χ4n) is 2.29. The number of nitrogens with zero attached hydrogens (tertiary/aromatic N) is 2. The average molecular weight is 426 g/mol. The molecule has 2 aromatic carbocycles. The van der Waals surface area contributed by atoms with Crippen LogP contribution in [0.5, 0.6) is 0 Å². The molecule has 2 rings (SSSR count). The Balaban J connectivity index is 2.08. The van der Waals surface area contributed by atoms with Gasteiger partial charge in [0.15, 0.2) is 0 Å². The monoisotopic (exact) mass is 425 g/mol. The standard InChI is InChI=1S/C18H17Cl2N3O3S/c1-27(25,26)23(11-14-4-7-16(19)17(20)10-14)12-18(24)22-15-5-2-13(3-6-15)8-9-21/h2-7,10H,8,11-12H2,1H3,(H,22,24). The molecule has 6 nitrogen and oxygen atoms in total. The number of rotatable bonds is 7. The number of carbonyl (C=O) groups is 1. The van der Waals surface area contributed by atoms with Crippen LogP contribution in [-0.2, 0) is 27.8 Å². The highest BCUT2D eigenvalue weighted by molar-refractivity contribution is 7.88. The van der Waals surface area contributed by atoms with E-state index in [0.717, 1.165) is 16.1 Å². The van der Waals surface area contributed by atoms with E-state index < -0.39 is 15.9 Å². The SMILES string of the molecule is CS(=O)(=O)N(CC(=O)Nc1ccc(CC#N)cc1)Cc1ccc(Cl)c(Cl)c1. The van der Waals surface area contributed by atoms with E-state index in [-0.39, 0.29) is 19.5 Å². The van der Waals surface area contributed by atoms with E-state index in [2.05, 4.69) is 5.32 Å². The molecule has 0 heterocycles. The number of hydrogen-bond acceptors (Lipinski definition) is 4. The average Bonchev–Trinajstić information content (AvgIpc) is 2.59. The van der Waals surface area contributed by atoms with E-state index in [0.29, 0.717) is 21.3 Å². The van der Waals surface area contributed by atoms with Crippen molar-refractivity contribution in [1.82, 2.24) is 4.31 Å². The maximum atomic E-state index is 12.3. The topological polar surface area (TPSA) is 90.3 Å². The summed E-state index contributed by atoms with van der Waals surface area (Å²) in [5.74, 6) is -0.478. The van der Waals surface area contributed by atoms with Crippen LogP contribution in [-0.4, -0.2) is 31.4 Å². The maximum absolute atomic E-state index is 12.3. The van der Waals surface area contributed by atoms with Crippen LogP contribution >= 0.6 is 23.2 Å². The van der Waals surface area contributed by atoms with Crippen LogP contribution < -0.4 is 5.32 Å². The first kappa shape index (κ1) is 21.2. The number of nitriles is 1. The molecule has 1 amide bonds. The first-order valence-corrected chi connectivity index (χ1v) is 10.4. The van der Waals surface area contributed by atoms with Gasteiger partial charge in [-0.2, -0.15) is 9.57 Å². The van der Waals surface area contributed by atoms with Gasteiger partial charge in [-0.1, -0.05) is 41.4 Å². The summed E-state index contributed by atoms with van der Waals surface area (Å²) in [6.07, 6.45) is 1.31.